The lowest BCUT2D eigenvalue weighted by molar-refractivity contribution is -0.146. The SMILES string of the molecule is COC(=O)[C@@H](Cc1c[nH]cn1)NC(=O)COC1CC(C)CCC1C(C)C. The summed E-state index contributed by atoms with van der Waals surface area (Å²) in [5, 5.41) is 2.71. The van der Waals surface area contributed by atoms with Crippen molar-refractivity contribution in [2.75, 3.05) is 13.7 Å². The standard InChI is InChI=1S/C19H31N3O4/c1-12(2)15-6-5-13(3)7-17(15)26-10-18(23)22-16(19(24)25-4)8-14-9-20-11-21-14/h9,11-13,15-17H,5-8,10H2,1-4H3,(H,20,21)(H,22,23)/t13?,15?,16-,17?/m1/s1. The van der Waals surface area contributed by atoms with Crippen LogP contribution in [0.5, 0.6) is 0 Å². The number of H-pyrrole nitrogens is 1. The van der Waals surface area contributed by atoms with Crippen LogP contribution in [-0.4, -0.2) is 47.7 Å². The maximum absolute atomic E-state index is 12.3. The molecule has 1 aliphatic rings. The number of amides is 1. The molecule has 0 spiro atoms. The van der Waals surface area contributed by atoms with Gasteiger partial charge in [-0.25, -0.2) is 9.78 Å². The van der Waals surface area contributed by atoms with E-state index in [1.54, 1.807) is 6.20 Å². The molecule has 1 aromatic heterocycles. The molecule has 1 heterocycles. The number of esters is 1. The summed E-state index contributed by atoms with van der Waals surface area (Å²) in [7, 11) is 1.30. The van der Waals surface area contributed by atoms with E-state index >= 15 is 0 Å². The first kappa shape index (κ1) is 20.4. The number of aromatic nitrogens is 2. The van der Waals surface area contributed by atoms with E-state index in [9.17, 15) is 9.59 Å². The number of aromatic amines is 1. The number of ether oxygens (including phenoxy) is 2. The Kier molecular flexibility index (Phi) is 7.63. The fourth-order valence-electron chi connectivity index (χ4n) is 3.67. The van der Waals surface area contributed by atoms with Gasteiger partial charge in [-0.05, 0) is 30.6 Å². The Morgan fingerprint density at radius 2 is 2.15 bits per heavy atom. The van der Waals surface area contributed by atoms with E-state index < -0.39 is 12.0 Å². The summed E-state index contributed by atoms with van der Waals surface area (Å²) < 4.78 is 10.7. The number of nitrogens with zero attached hydrogens (tertiary/aromatic N) is 1. The second-order valence-electron chi connectivity index (χ2n) is 7.58. The van der Waals surface area contributed by atoms with E-state index in [1.165, 1.54) is 19.9 Å². The normalized spacial score (nSPS) is 24.3. The highest BCUT2D eigenvalue weighted by molar-refractivity contribution is 5.85. The minimum absolute atomic E-state index is 0.0470. The lowest BCUT2D eigenvalue weighted by Crippen LogP contribution is -2.45. The number of rotatable bonds is 8. The molecule has 1 aliphatic carbocycles. The number of carbonyl (C=O) groups excluding carboxylic acids is 2. The summed E-state index contributed by atoms with van der Waals surface area (Å²) in [6.07, 6.45) is 6.91. The van der Waals surface area contributed by atoms with Crippen LogP contribution in [-0.2, 0) is 25.5 Å². The van der Waals surface area contributed by atoms with Crippen LogP contribution in [0.1, 0.15) is 45.7 Å². The average Bonchev–Trinajstić information content (AvgIpc) is 3.11. The molecule has 1 saturated carbocycles. The average molecular weight is 365 g/mol. The number of methoxy groups -OCH3 is 1. The Bertz CT molecular complexity index is 573. The second kappa shape index (κ2) is 9.71. The van der Waals surface area contributed by atoms with Crippen LogP contribution < -0.4 is 5.32 Å². The molecule has 0 bridgehead atoms. The predicted molar refractivity (Wildman–Crippen MR) is 97.3 cm³/mol. The quantitative estimate of drug-likeness (QED) is 0.688. The minimum atomic E-state index is -0.773. The molecular weight excluding hydrogens is 334 g/mol. The van der Waals surface area contributed by atoms with Crippen molar-refractivity contribution in [3.8, 4) is 0 Å². The number of hydrogen-bond donors (Lipinski definition) is 2. The zero-order valence-electron chi connectivity index (χ0n) is 16.2. The molecule has 2 N–H and O–H groups in total. The molecule has 1 fully saturated rings. The maximum Gasteiger partial charge on any atom is 0.328 e. The molecule has 1 amide bonds. The van der Waals surface area contributed by atoms with Crippen molar-refractivity contribution >= 4 is 11.9 Å². The van der Waals surface area contributed by atoms with Crippen molar-refractivity contribution in [2.45, 2.75) is 58.6 Å². The van der Waals surface area contributed by atoms with E-state index in [1.807, 2.05) is 0 Å². The fraction of sp³-hybridized carbons (Fsp3) is 0.737. The van der Waals surface area contributed by atoms with Gasteiger partial charge >= 0.3 is 5.97 Å². The van der Waals surface area contributed by atoms with Crippen LogP contribution in [0.3, 0.4) is 0 Å². The summed E-state index contributed by atoms with van der Waals surface area (Å²) in [5.74, 6) is 0.808. The van der Waals surface area contributed by atoms with E-state index in [4.69, 9.17) is 9.47 Å². The number of nitrogens with one attached hydrogen (secondary N) is 2. The van der Waals surface area contributed by atoms with Gasteiger partial charge in [0.05, 0.1) is 25.2 Å². The first-order valence-electron chi connectivity index (χ1n) is 9.37. The third-order valence-corrected chi connectivity index (χ3v) is 5.18. The van der Waals surface area contributed by atoms with E-state index in [-0.39, 0.29) is 25.0 Å². The van der Waals surface area contributed by atoms with Crippen molar-refractivity contribution in [1.29, 1.82) is 0 Å². The van der Waals surface area contributed by atoms with Gasteiger partial charge in [-0.1, -0.05) is 27.2 Å². The molecule has 0 radical (unpaired) electrons. The Hall–Kier alpha value is -1.89. The molecule has 0 aliphatic heterocycles. The maximum atomic E-state index is 12.3. The van der Waals surface area contributed by atoms with Crippen molar-refractivity contribution in [3.05, 3.63) is 18.2 Å². The van der Waals surface area contributed by atoms with Crippen molar-refractivity contribution in [2.24, 2.45) is 17.8 Å². The molecule has 0 saturated heterocycles. The first-order valence-corrected chi connectivity index (χ1v) is 9.37. The van der Waals surface area contributed by atoms with Gasteiger partial charge < -0.3 is 19.8 Å². The van der Waals surface area contributed by atoms with Gasteiger partial charge in [0.25, 0.3) is 0 Å². The van der Waals surface area contributed by atoms with E-state index in [2.05, 4.69) is 36.1 Å². The molecule has 3 unspecified atom stereocenters. The predicted octanol–water partition coefficient (Wildman–Crippen LogP) is 2.09. The largest absolute Gasteiger partial charge is 0.467 e. The smallest absolute Gasteiger partial charge is 0.328 e. The van der Waals surface area contributed by atoms with Gasteiger partial charge in [0.1, 0.15) is 12.6 Å². The molecule has 146 valence electrons. The van der Waals surface area contributed by atoms with Gasteiger partial charge in [-0.15, -0.1) is 0 Å². The lowest BCUT2D eigenvalue weighted by Gasteiger charge is -2.37. The van der Waals surface area contributed by atoms with Crippen LogP contribution >= 0.6 is 0 Å². The third-order valence-electron chi connectivity index (χ3n) is 5.18. The highest BCUT2D eigenvalue weighted by atomic mass is 16.5. The molecule has 4 atom stereocenters. The Morgan fingerprint density at radius 3 is 2.77 bits per heavy atom. The molecule has 2 rings (SSSR count). The van der Waals surface area contributed by atoms with Gasteiger partial charge in [0, 0.05) is 12.6 Å². The topological polar surface area (TPSA) is 93.3 Å². The Balaban J connectivity index is 1.89. The first-order chi connectivity index (χ1) is 12.4. The zero-order valence-corrected chi connectivity index (χ0v) is 16.2. The highest BCUT2D eigenvalue weighted by Gasteiger charge is 2.32. The van der Waals surface area contributed by atoms with Crippen LogP contribution in [0.2, 0.25) is 0 Å². The molecular formula is C19H31N3O4. The van der Waals surface area contributed by atoms with Crippen LogP contribution in [0.15, 0.2) is 12.5 Å². The molecule has 26 heavy (non-hydrogen) atoms. The summed E-state index contributed by atoms with van der Waals surface area (Å²) in [6.45, 7) is 6.58. The highest BCUT2D eigenvalue weighted by Crippen LogP contribution is 2.35. The monoisotopic (exact) mass is 365 g/mol. The van der Waals surface area contributed by atoms with Gasteiger partial charge in [0.15, 0.2) is 0 Å². The van der Waals surface area contributed by atoms with E-state index in [0.717, 1.165) is 12.8 Å². The van der Waals surface area contributed by atoms with Crippen molar-refractivity contribution in [1.82, 2.24) is 15.3 Å². The zero-order chi connectivity index (χ0) is 19.1. The van der Waals surface area contributed by atoms with Crippen molar-refractivity contribution < 1.29 is 19.1 Å². The van der Waals surface area contributed by atoms with Gasteiger partial charge in [-0.3, -0.25) is 4.79 Å². The summed E-state index contributed by atoms with van der Waals surface area (Å²) in [4.78, 5) is 31.2. The molecule has 1 aromatic rings. The second-order valence-corrected chi connectivity index (χ2v) is 7.58. The van der Waals surface area contributed by atoms with Gasteiger partial charge in [0.2, 0.25) is 5.91 Å². The summed E-state index contributed by atoms with van der Waals surface area (Å²) in [6, 6.07) is -0.773. The van der Waals surface area contributed by atoms with Gasteiger partial charge in [-0.2, -0.15) is 0 Å². The van der Waals surface area contributed by atoms with Crippen LogP contribution in [0.4, 0.5) is 0 Å². The van der Waals surface area contributed by atoms with E-state index in [0.29, 0.717) is 23.4 Å². The number of imidazole rings is 1. The Morgan fingerprint density at radius 1 is 1.38 bits per heavy atom. The summed E-state index contributed by atoms with van der Waals surface area (Å²) in [5.41, 5.74) is 0.683. The molecule has 7 nitrogen and oxygen atoms in total. The third kappa shape index (κ3) is 5.83. The summed E-state index contributed by atoms with van der Waals surface area (Å²) >= 11 is 0. The van der Waals surface area contributed by atoms with Crippen molar-refractivity contribution in [3.63, 3.8) is 0 Å². The minimum Gasteiger partial charge on any atom is -0.467 e. The van der Waals surface area contributed by atoms with Crippen LogP contribution in [0.25, 0.3) is 0 Å². The lowest BCUT2D eigenvalue weighted by atomic mass is 9.75. The Labute approximate surface area is 155 Å². The van der Waals surface area contributed by atoms with Crippen LogP contribution in [0, 0.1) is 17.8 Å². The number of hydrogen-bond acceptors (Lipinski definition) is 5. The fourth-order valence-corrected chi connectivity index (χ4v) is 3.67. The number of carbonyl (C=O) groups is 2. The molecule has 7 heteroatoms. The molecule has 0 aromatic carbocycles.